The Morgan fingerprint density at radius 1 is 1.21 bits per heavy atom. The second-order valence-electron chi connectivity index (χ2n) is 8.04. The van der Waals surface area contributed by atoms with Crippen LogP contribution in [0.25, 0.3) is 22.6 Å². The van der Waals surface area contributed by atoms with Crippen molar-refractivity contribution in [2.75, 3.05) is 16.0 Å². The number of aryl methyl sites for hydroxylation is 2. The number of anilines is 2. The predicted octanol–water partition coefficient (Wildman–Crippen LogP) is 5.78. The number of urea groups is 1. The van der Waals surface area contributed by atoms with Crippen molar-refractivity contribution >= 4 is 57.7 Å². The molecule has 4 rings (SSSR count). The van der Waals surface area contributed by atoms with E-state index in [0.717, 1.165) is 17.3 Å². The van der Waals surface area contributed by atoms with Gasteiger partial charge in [0.15, 0.2) is 16.4 Å². The van der Waals surface area contributed by atoms with E-state index in [9.17, 15) is 22.5 Å². The number of carbonyl (C=O) groups is 1. The van der Waals surface area contributed by atoms with Crippen molar-refractivity contribution < 1.29 is 22.5 Å². The van der Waals surface area contributed by atoms with Crippen molar-refractivity contribution in [2.45, 2.75) is 24.9 Å². The Balaban J connectivity index is 1.79. The van der Waals surface area contributed by atoms with Gasteiger partial charge in [0.2, 0.25) is 0 Å². The van der Waals surface area contributed by atoms with Gasteiger partial charge in [-0.05, 0) is 67.5 Å². The van der Waals surface area contributed by atoms with Gasteiger partial charge in [0.05, 0.1) is 28.8 Å². The molecular formula is C24H21ClF3N7O2S. The van der Waals surface area contributed by atoms with Gasteiger partial charge in [-0.3, -0.25) is 15.6 Å². The molecule has 198 valence electrons. The van der Waals surface area contributed by atoms with Crippen LogP contribution in [0.4, 0.5) is 29.5 Å². The summed E-state index contributed by atoms with van der Waals surface area (Å²) in [6, 6.07) is 9.37. The van der Waals surface area contributed by atoms with Crippen LogP contribution < -0.4 is 10.2 Å². The molecule has 14 heteroatoms. The van der Waals surface area contributed by atoms with Crippen LogP contribution in [0.1, 0.15) is 18.3 Å². The smallest absolute Gasteiger partial charge is 0.433 e. The fraction of sp³-hybridized carbons (Fsp3) is 0.208. The number of halogens is 4. The number of amides is 2. The number of hydrogen-bond donors (Lipinski definition) is 2. The number of benzene rings is 1. The number of alkyl halides is 3. The van der Waals surface area contributed by atoms with Crippen LogP contribution in [0.3, 0.4) is 0 Å². The predicted molar refractivity (Wildman–Crippen MR) is 140 cm³/mol. The molecule has 0 fully saturated rings. The fourth-order valence-electron chi connectivity index (χ4n) is 3.84. The zero-order valence-corrected chi connectivity index (χ0v) is 21.9. The minimum atomic E-state index is -4.65. The Hall–Kier alpha value is -3.68. The molecule has 9 nitrogen and oxygen atoms in total. The first-order valence-electron chi connectivity index (χ1n) is 11.1. The van der Waals surface area contributed by atoms with Gasteiger partial charge in [-0.25, -0.2) is 19.7 Å². The number of fused-ring (bicyclic) bond motifs is 1. The Bertz CT molecular complexity index is 1530. The highest BCUT2D eigenvalue weighted by Crippen LogP contribution is 2.34. The normalized spacial score (nSPS) is 12.4. The summed E-state index contributed by atoms with van der Waals surface area (Å²) in [7, 11) is 1.59. The van der Waals surface area contributed by atoms with Gasteiger partial charge in [0.25, 0.3) is 0 Å². The van der Waals surface area contributed by atoms with E-state index in [2.05, 4.69) is 20.3 Å². The highest BCUT2D eigenvalue weighted by molar-refractivity contribution is 7.91. The molecule has 3 aromatic heterocycles. The lowest BCUT2D eigenvalue weighted by Gasteiger charge is -2.18. The maximum Gasteiger partial charge on any atom is 0.433 e. The Labute approximate surface area is 223 Å². The molecule has 0 saturated heterocycles. The van der Waals surface area contributed by atoms with Crippen molar-refractivity contribution in [3.05, 3.63) is 58.9 Å². The molecule has 0 aliphatic carbocycles. The molecule has 1 aromatic carbocycles. The monoisotopic (exact) mass is 563 g/mol. The van der Waals surface area contributed by atoms with Gasteiger partial charge < -0.3 is 9.12 Å². The number of carbonyl (C=O) groups excluding carboxylic acids is 1. The summed E-state index contributed by atoms with van der Waals surface area (Å²) >= 11 is 4.40. The molecule has 0 saturated carbocycles. The second kappa shape index (κ2) is 10.6. The molecule has 3 heterocycles. The number of nitrogens with zero attached hydrogens (tertiary/aromatic N) is 5. The molecule has 1 atom stereocenters. The van der Waals surface area contributed by atoms with Crippen LogP contribution >= 0.6 is 11.6 Å². The van der Waals surface area contributed by atoms with Crippen molar-refractivity contribution in [2.24, 2.45) is 7.05 Å². The van der Waals surface area contributed by atoms with Crippen LogP contribution in [-0.2, 0) is 24.4 Å². The third-order valence-electron chi connectivity index (χ3n) is 5.58. The van der Waals surface area contributed by atoms with Crippen LogP contribution in [0.15, 0.2) is 47.4 Å². The highest BCUT2D eigenvalue weighted by Gasteiger charge is 2.34. The number of pyridine rings is 2. The molecule has 2 N–H and O–H groups in total. The van der Waals surface area contributed by atoms with Gasteiger partial charge >= 0.3 is 12.2 Å². The van der Waals surface area contributed by atoms with Crippen molar-refractivity contribution in [1.29, 1.82) is 5.41 Å². The zero-order valence-electron chi connectivity index (χ0n) is 20.3. The van der Waals surface area contributed by atoms with E-state index in [4.69, 9.17) is 17.0 Å². The lowest BCUT2D eigenvalue weighted by molar-refractivity contribution is -0.141. The van der Waals surface area contributed by atoms with Crippen LogP contribution in [0.2, 0.25) is 5.02 Å². The Morgan fingerprint density at radius 2 is 1.89 bits per heavy atom. The van der Waals surface area contributed by atoms with E-state index in [-0.39, 0.29) is 34.3 Å². The lowest BCUT2D eigenvalue weighted by atomic mass is 10.2. The molecule has 0 aliphatic heterocycles. The number of rotatable bonds is 6. The average molecular weight is 564 g/mol. The van der Waals surface area contributed by atoms with Crippen LogP contribution in [0, 0.1) is 12.3 Å². The molecule has 4 aromatic rings. The van der Waals surface area contributed by atoms with Gasteiger partial charge in [-0.2, -0.15) is 13.2 Å². The van der Waals surface area contributed by atoms with E-state index in [1.165, 1.54) is 23.6 Å². The molecule has 38 heavy (non-hydrogen) atoms. The summed E-state index contributed by atoms with van der Waals surface area (Å²) in [5, 5.41) is 10.7. The summed E-state index contributed by atoms with van der Waals surface area (Å²) in [5.74, 6) is 0.459. The quantitative estimate of drug-likeness (QED) is 0.175. The minimum Gasteiger partial charge on any atom is -0.611 e. The zero-order chi connectivity index (χ0) is 27.8. The summed E-state index contributed by atoms with van der Waals surface area (Å²) in [5.41, 5.74) is -0.0532. The number of hydrogen-bond acceptors (Lipinski definition) is 6. The largest absolute Gasteiger partial charge is 0.611 e. The Morgan fingerprint density at radius 3 is 2.50 bits per heavy atom. The fourth-order valence-corrected chi connectivity index (χ4v) is 4.85. The standard InChI is InChI=1S/C24H21ClF3N7O2S/c1-4-38(37)17-9-10-19(33-23(36)35(12-29)15-7-5-14(25)6-8-15)32-20(17)22-31-16-11-18(24(26,27)28)30-13(2)21(16)34(22)3/h5-12,29H,4H2,1-3H3,(H,32,33,36). The molecule has 0 bridgehead atoms. The van der Waals surface area contributed by atoms with Gasteiger partial charge in [0, 0.05) is 12.1 Å². The first kappa shape index (κ1) is 27.4. The van der Waals surface area contributed by atoms with E-state index in [0.29, 0.717) is 21.1 Å². The number of imidazole rings is 1. The van der Waals surface area contributed by atoms with Gasteiger partial charge in [-0.15, -0.1) is 0 Å². The topological polar surface area (TPSA) is 123 Å². The minimum absolute atomic E-state index is 0.0458. The molecule has 0 radical (unpaired) electrons. The van der Waals surface area contributed by atoms with Crippen molar-refractivity contribution in [1.82, 2.24) is 19.5 Å². The Kier molecular flexibility index (Phi) is 7.63. The van der Waals surface area contributed by atoms with E-state index in [1.807, 2.05) is 0 Å². The van der Waals surface area contributed by atoms with E-state index >= 15 is 0 Å². The molecule has 0 aliphatic rings. The van der Waals surface area contributed by atoms with E-state index in [1.54, 1.807) is 38.2 Å². The first-order chi connectivity index (χ1) is 17.9. The molecule has 2 amide bonds. The maximum atomic E-state index is 13.3. The van der Waals surface area contributed by atoms with Gasteiger partial charge in [0.1, 0.15) is 17.3 Å². The molecule has 1 unspecified atom stereocenters. The molecule has 0 spiro atoms. The van der Waals surface area contributed by atoms with E-state index < -0.39 is 29.1 Å². The average Bonchev–Trinajstić information content (AvgIpc) is 3.21. The van der Waals surface area contributed by atoms with Crippen LogP contribution in [-0.4, -0.2) is 42.2 Å². The number of nitrogens with one attached hydrogen (secondary N) is 2. The maximum absolute atomic E-state index is 13.3. The third kappa shape index (κ3) is 5.30. The SMILES string of the molecule is CC[S+]([O-])c1ccc(NC(=O)N(C=N)c2ccc(Cl)cc2)nc1-c1nc2cc(C(F)(F)F)nc(C)c2n1C. The third-order valence-corrected chi connectivity index (χ3v) is 7.18. The second-order valence-corrected chi connectivity index (χ2v) is 10.2. The summed E-state index contributed by atoms with van der Waals surface area (Å²) in [6.45, 7) is 3.16. The van der Waals surface area contributed by atoms with Crippen LogP contribution in [0.5, 0.6) is 0 Å². The number of aromatic nitrogens is 4. The summed E-state index contributed by atoms with van der Waals surface area (Å²) < 4.78 is 54.4. The molecular weight excluding hydrogens is 543 g/mol. The summed E-state index contributed by atoms with van der Waals surface area (Å²) in [4.78, 5) is 26.8. The summed E-state index contributed by atoms with van der Waals surface area (Å²) in [6.07, 6.45) is -3.84. The van der Waals surface area contributed by atoms with Crippen molar-refractivity contribution in [3.8, 4) is 11.5 Å². The highest BCUT2D eigenvalue weighted by atomic mass is 35.5. The lowest BCUT2D eigenvalue weighted by Crippen LogP contribution is -2.33. The first-order valence-corrected chi connectivity index (χ1v) is 12.8. The van der Waals surface area contributed by atoms with Gasteiger partial charge in [-0.1, -0.05) is 11.6 Å². The van der Waals surface area contributed by atoms with Crippen molar-refractivity contribution in [3.63, 3.8) is 0 Å².